The average Bonchev–Trinajstić information content (AvgIpc) is 2.85. The molecule has 0 aliphatic carbocycles. The molecule has 0 saturated carbocycles. The summed E-state index contributed by atoms with van der Waals surface area (Å²) in [6.45, 7) is 5.70. The maximum absolute atomic E-state index is 14.2. The van der Waals surface area contributed by atoms with Crippen molar-refractivity contribution in [2.45, 2.75) is 26.9 Å². The molecule has 1 aromatic carbocycles. The molecule has 1 heterocycles. The number of hydrogen-bond acceptors (Lipinski definition) is 3. The largest absolute Gasteiger partial charge is 0.369 e. The minimum atomic E-state index is -0.575. The van der Waals surface area contributed by atoms with E-state index in [2.05, 4.69) is 10.3 Å². The van der Waals surface area contributed by atoms with Crippen molar-refractivity contribution in [3.05, 3.63) is 42.2 Å². The number of hydrogen-bond donors (Lipinski definition) is 1. The van der Waals surface area contributed by atoms with E-state index in [0.717, 1.165) is 0 Å². The average molecular weight is 291 g/mol. The molecular formula is C15H18FN3O2. The third-order valence-electron chi connectivity index (χ3n) is 3.09. The first-order valence-electron chi connectivity index (χ1n) is 6.75. The van der Waals surface area contributed by atoms with Gasteiger partial charge in [-0.05, 0) is 39.0 Å². The lowest BCUT2D eigenvalue weighted by Crippen LogP contribution is -2.27. The third kappa shape index (κ3) is 3.46. The Morgan fingerprint density at radius 3 is 2.86 bits per heavy atom. The van der Waals surface area contributed by atoms with Crippen LogP contribution in [-0.2, 0) is 9.53 Å². The molecule has 1 aromatic heterocycles. The Labute approximate surface area is 122 Å². The maximum atomic E-state index is 14.2. The lowest BCUT2D eigenvalue weighted by Gasteiger charge is -2.13. The standard InChI is InChI=1S/C15H18FN3O2/c1-4-21-10(2)15(20)18-12-5-6-14(13(16)9-12)19-8-7-17-11(19)3/h5-10H,4H2,1-3H3,(H,18,20)/t10-/m1/s1. The fourth-order valence-electron chi connectivity index (χ4n) is 1.98. The van der Waals surface area contributed by atoms with Gasteiger partial charge in [0.25, 0.3) is 5.91 Å². The first-order valence-corrected chi connectivity index (χ1v) is 6.75. The number of nitrogens with one attached hydrogen (secondary N) is 1. The predicted octanol–water partition coefficient (Wildman–Crippen LogP) is 2.68. The first-order chi connectivity index (χ1) is 10.0. The van der Waals surface area contributed by atoms with Gasteiger partial charge in [-0.3, -0.25) is 4.79 Å². The molecule has 1 amide bonds. The Morgan fingerprint density at radius 1 is 1.52 bits per heavy atom. The molecule has 2 rings (SSSR count). The Kier molecular flexibility index (Phi) is 4.70. The monoisotopic (exact) mass is 291 g/mol. The number of nitrogens with zero attached hydrogens (tertiary/aromatic N) is 2. The van der Waals surface area contributed by atoms with E-state index < -0.39 is 11.9 Å². The van der Waals surface area contributed by atoms with Crippen molar-refractivity contribution in [1.29, 1.82) is 0 Å². The number of benzene rings is 1. The predicted molar refractivity (Wildman–Crippen MR) is 78.0 cm³/mol. The van der Waals surface area contributed by atoms with E-state index in [9.17, 15) is 9.18 Å². The van der Waals surface area contributed by atoms with Crippen molar-refractivity contribution in [2.24, 2.45) is 0 Å². The number of imidazole rings is 1. The molecule has 0 aliphatic rings. The van der Waals surface area contributed by atoms with Gasteiger partial charge in [0, 0.05) is 24.7 Å². The van der Waals surface area contributed by atoms with Gasteiger partial charge in [-0.1, -0.05) is 0 Å². The summed E-state index contributed by atoms with van der Waals surface area (Å²) in [5.41, 5.74) is 0.784. The van der Waals surface area contributed by atoms with Crippen LogP contribution in [0.2, 0.25) is 0 Å². The van der Waals surface area contributed by atoms with Gasteiger partial charge in [0.1, 0.15) is 17.7 Å². The summed E-state index contributed by atoms with van der Waals surface area (Å²) in [6.07, 6.45) is 2.71. The van der Waals surface area contributed by atoms with Crippen LogP contribution in [0, 0.1) is 12.7 Å². The van der Waals surface area contributed by atoms with E-state index in [-0.39, 0.29) is 5.91 Å². The number of carbonyl (C=O) groups is 1. The summed E-state index contributed by atoms with van der Waals surface area (Å²) in [6, 6.07) is 4.53. The van der Waals surface area contributed by atoms with Gasteiger partial charge >= 0.3 is 0 Å². The molecule has 1 atom stereocenters. The normalized spacial score (nSPS) is 12.2. The number of carbonyl (C=O) groups excluding carboxylic acids is 1. The molecule has 2 aromatic rings. The highest BCUT2D eigenvalue weighted by Gasteiger charge is 2.14. The summed E-state index contributed by atoms with van der Waals surface area (Å²) >= 11 is 0. The second-order valence-electron chi connectivity index (χ2n) is 4.60. The number of anilines is 1. The van der Waals surface area contributed by atoms with E-state index in [1.54, 1.807) is 42.9 Å². The zero-order valence-corrected chi connectivity index (χ0v) is 12.3. The van der Waals surface area contributed by atoms with Crippen LogP contribution < -0.4 is 5.32 Å². The molecule has 0 radical (unpaired) electrons. The molecule has 0 saturated heterocycles. The van der Waals surface area contributed by atoms with Gasteiger partial charge in [0.2, 0.25) is 0 Å². The fraction of sp³-hybridized carbons (Fsp3) is 0.333. The summed E-state index contributed by atoms with van der Waals surface area (Å²) in [7, 11) is 0. The number of aromatic nitrogens is 2. The highest BCUT2D eigenvalue weighted by molar-refractivity contribution is 5.93. The van der Waals surface area contributed by atoms with Crippen molar-refractivity contribution in [3.8, 4) is 5.69 Å². The lowest BCUT2D eigenvalue weighted by molar-refractivity contribution is -0.126. The molecule has 1 N–H and O–H groups in total. The Bertz CT molecular complexity index is 640. The minimum absolute atomic E-state index is 0.303. The molecular weight excluding hydrogens is 273 g/mol. The number of halogens is 1. The molecule has 0 bridgehead atoms. The van der Waals surface area contributed by atoms with E-state index in [1.807, 2.05) is 6.92 Å². The first kappa shape index (κ1) is 15.2. The van der Waals surface area contributed by atoms with Crippen LogP contribution in [0.3, 0.4) is 0 Å². The molecule has 0 spiro atoms. The van der Waals surface area contributed by atoms with Gasteiger partial charge in [-0.15, -0.1) is 0 Å². The summed E-state index contributed by atoms with van der Waals surface area (Å²) in [5.74, 6) is -0.0450. The van der Waals surface area contributed by atoms with Crippen molar-refractivity contribution in [2.75, 3.05) is 11.9 Å². The number of ether oxygens (including phenoxy) is 1. The summed E-state index contributed by atoms with van der Waals surface area (Å²) in [4.78, 5) is 15.9. The zero-order chi connectivity index (χ0) is 15.4. The van der Waals surface area contributed by atoms with Gasteiger partial charge in [-0.2, -0.15) is 0 Å². The number of amides is 1. The quantitative estimate of drug-likeness (QED) is 0.921. The van der Waals surface area contributed by atoms with E-state index in [1.165, 1.54) is 6.07 Å². The third-order valence-corrected chi connectivity index (χ3v) is 3.09. The molecule has 0 aliphatic heterocycles. The van der Waals surface area contributed by atoms with Crippen LogP contribution in [-0.4, -0.2) is 28.2 Å². The smallest absolute Gasteiger partial charge is 0.253 e. The Hall–Kier alpha value is -2.21. The maximum Gasteiger partial charge on any atom is 0.253 e. The van der Waals surface area contributed by atoms with Crippen LogP contribution in [0.1, 0.15) is 19.7 Å². The second kappa shape index (κ2) is 6.49. The minimum Gasteiger partial charge on any atom is -0.369 e. The molecule has 0 unspecified atom stereocenters. The van der Waals surface area contributed by atoms with Gasteiger partial charge in [0.15, 0.2) is 0 Å². The zero-order valence-electron chi connectivity index (χ0n) is 12.3. The SMILES string of the molecule is CCO[C@H](C)C(=O)Nc1ccc(-n2ccnc2C)c(F)c1. The molecule has 0 fully saturated rings. The van der Waals surface area contributed by atoms with Crippen molar-refractivity contribution in [1.82, 2.24) is 9.55 Å². The van der Waals surface area contributed by atoms with Gasteiger partial charge in [-0.25, -0.2) is 9.37 Å². The van der Waals surface area contributed by atoms with Crippen molar-refractivity contribution < 1.29 is 13.9 Å². The number of rotatable bonds is 5. The van der Waals surface area contributed by atoms with Crippen LogP contribution in [0.5, 0.6) is 0 Å². The Balaban J connectivity index is 2.16. The fourth-order valence-corrected chi connectivity index (χ4v) is 1.98. The molecule has 5 nitrogen and oxygen atoms in total. The Morgan fingerprint density at radius 2 is 2.29 bits per heavy atom. The van der Waals surface area contributed by atoms with E-state index in [0.29, 0.717) is 23.8 Å². The van der Waals surface area contributed by atoms with Gasteiger partial charge in [0.05, 0.1) is 5.69 Å². The lowest BCUT2D eigenvalue weighted by atomic mass is 10.2. The summed E-state index contributed by atoms with van der Waals surface area (Å²) in [5, 5.41) is 2.63. The van der Waals surface area contributed by atoms with Crippen LogP contribution in [0.15, 0.2) is 30.6 Å². The van der Waals surface area contributed by atoms with Crippen LogP contribution in [0.25, 0.3) is 5.69 Å². The van der Waals surface area contributed by atoms with Crippen molar-refractivity contribution >= 4 is 11.6 Å². The molecule has 21 heavy (non-hydrogen) atoms. The van der Waals surface area contributed by atoms with Crippen molar-refractivity contribution in [3.63, 3.8) is 0 Å². The van der Waals surface area contributed by atoms with Gasteiger partial charge < -0.3 is 14.6 Å². The molecule has 112 valence electrons. The highest BCUT2D eigenvalue weighted by atomic mass is 19.1. The van der Waals surface area contributed by atoms with E-state index in [4.69, 9.17) is 4.74 Å². The number of aryl methyl sites for hydroxylation is 1. The molecule has 6 heteroatoms. The summed E-state index contributed by atoms with van der Waals surface area (Å²) < 4.78 is 21.0. The topological polar surface area (TPSA) is 56.1 Å². The second-order valence-corrected chi connectivity index (χ2v) is 4.60. The highest BCUT2D eigenvalue weighted by Crippen LogP contribution is 2.19. The van der Waals surface area contributed by atoms with Crippen LogP contribution in [0.4, 0.5) is 10.1 Å². The van der Waals surface area contributed by atoms with E-state index >= 15 is 0 Å². The van der Waals surface area contributed by atoms with Crippen LogP contribution >= 0.6 is 0 Å².